The second-order valence-electron chi connectivity index (χ2n) is 7.08. The van der Waals surface area contributed by atoms with Crippen LogP contribution in [0.5, 0.6) is 0 Å². The van der Waals surface area contributed by atoms with Crippen LogP contribution in [0.1, 0.15) is 56.6 Å². The van der Waals surface area contributed by atoms with E-state index in [9.17, 15) is 19.2 Å². The van der Waals surface area contributed by atoms with Crippen LogP contribution in [-0.4, -0.2) is 27.2 Å². The topological polar surface area (TPSA) is 90.2 Å². The molecule has 0 radical (unpaired) electrons. The van der Waals surface area contributed by atoms with Crippen molar-refractivity contribution < 1.29 is 14.4 Å². The number of para-hydroxylation sites is 1. The number of carbonyl (C=O) groups excluding carboxylic acids is 3. The number of imidazole rings is 1. The van der Waals surface area contributed by atoms with Crippen LogP contribution in [0.25, 0.3) is 11.0 Å². The molecule has 3 rings (SSSR count). The number of nitrogens with zero attached hydrogens (tertiary/aromatic N) is 2. The molecule has 2 heterocycles. The standard InChI is InChI=1S/C20H25N3O4/c1-22-18-14(8-5-3-2-4-6-13-24)9-7-10-15(18)23(20(22)27)16-11-12-17(25)21-19(16)26/h7,9-10,13,16H,2-6,8,11-12H2,1H3,(H,21,25,26). The number of benzene rings is 1. The first-order chi connectivity index (χ1) is 13.0. The summed E-state index contributed by atoms with van der Waals surface area (Å²) in [6.45, 7) is 0. The van der Waals surface area contributed by atoms with Gasteiger partial charge in [0, 0.05) is 19.9 Å². The largest absolute Gasteiger partial charge is 0.329 e. The number of fused-ring (bicyclic) bond motifs is 1. The third-order valence-electron chi connectivity index (χ3n) is 5.23. The number of hydrogen-bond donors (Lipinski definition) is 1. The molecule has 2 amide bonds. The van der Waals surface area contributed by atoms with Gasteiger partial charge in [-0.1, -0.05) is 25.0 Å². The van der Waals surface area contributed by atoms with E-state index in [2.05, 4.69) is 5.32 Å². The van der Waals surface area contributed by atoms with Crippen LogP contribution in [-0.2, 0) is 27.9 Å². The fourth-order valence-corrected chi connectivity index (χ4v) is 3.85. The molecule has 1 saturated heterocycles. The van der Waals surface area contributed by atoms with Gasteiger partial charge in [-0.05, 0) is 37.3 Å². The van der Waals surface area contributed by atoms with Crippen LogP contribution in [0.15, 0.2) is 23.0 Å². The minimum absolute atomic E-state index is 0.236. The number of aromatic nitrogens is 2. The Bertz CT molecular complexity index is 925. The first-order valence-corrected chi connectivity index (χ1v) is 9.50. The molecule has 144 valence electrons. The van der Waals surface area contributed by atoms with Gasteiger partial charge in [-0.3, -0.25) is 24.0 Å². The zero-order valence-electron chi connectivity index (χ0n) is 15.6. The van der Waals surface area contributed by atoms with Gasteiger partial charge in [0.05, 0.1) is 11.0 Å². The van der Waals surface area contributed by atoms with Gasteiger partial charge in [0.1, 0.15) is 12.3 Å². The predicted octanol–water partition coefficient (Wildman–Crippen LogP) is 2.01. The third kappa shape index (κ3) is 3.86. The molecule has 1 N–H and O–H groups in total. The van der Waals surface area contributed by atoms with E-state index in [-0.39, 0.29) is 18.0 Å². The van der Waals surface area contributed by atoms with Gasteiger partial charge in [0.2, 0.25) is 11.8 Å². The van der Waals surface area contributed by atoms with Crippen molar-refractivity contribution in [3.63, 3.8) is 0 Å². The van der Waals surface area contributed by atoms with Crippen molar-refractivity contribution in [1.82, 2.24) is 14.5 Å². The smallest absolute Gasteiger partial charge is 0.303 e. The highest BCUT2D eigenvalue weighted by Gasteiger charge is 2.31. The minimum Gasteiger partial charge on any atom is -0.303 e. The average molecular weight is 371 g/mol. The molecule has 1 aromatic carbocycles. The summed E-state index contributed by atoms with van der Waals surface area (Å²) in [6.07, 6.45) is 6.92. The van der Waals surface area contributed by atoms with E-state index in [1.165, 1.54) is 4.57 Å². The van der Waals surface area contributed by atoms with Crippen molar-refractivity contribution in [3.05, 3.63) is 34.2 Å². The van der Waals surface area contributed by atoms with Crippen molar-refractivity contribution >= 4 is 29.1 Å². The number of hydrogen-bond acceptors (Lipinski definition) is 4. The van der Waals surface area contributed by atoms with Gasteiger partial charge in [0.15, 0.2) is 0 Å². The van der Waals surface area contributed by atoms with E-state index in [4.69, 9.17) is 0 Å². The Morgan fingerprint density at radius 1 is 1.15 bits per heavy atom. The maximum Gasteiger partial charge on any atom is 0.329 e. The highest BCUT2D eigenvalue weighted by atomic mass is 16.2. The summed E-state index contributed by atoms with van der Waals surface area (Å²) in [5.41, 5.74) is 2.42. The van der Waals surface area contributed by atoms with E-state index in [1.807, 2.05) is 18.2 Å². The van der Waals surface area contributed by atoms with E-state index >= 15 is 0 Å². The summed E-state index contributed by atoms with van der Waals surface area (Å²) in [5, 5.41) is 2.33. The summed E-state index contributed by atoms with van der Waals surface area (Å²) in [4.78, 5) is 46.9. The fraction of sp³-hybridized carbons (Fsp3) is 0.500. The lowest BCUT2D eigenvalue weighted by atomic mass is 10.0. The Kier molecular flexibility index (Phi) is 5.88. The van der Waals surface area contributed by atoms with Gasteiger partial charge in [-0.25, -0.2) is 4.79 Å². The Morgan fingerprint density at radius 2 is 1.93 bits per heavy atom. The summed E-state index contributed by atoms with van der Waals surface area (Å²) in [5.74, 6) is -0.707. The van der Waals surface area contributed by atoms with Gasteiger partial charge < -0.3 is 4.79 Å². The molecular formula is C20H25N3O4. The molecule has 1 atom stereocenters. The van der Waals surface area contributed by atoms with Crippen LogP contribution in [0.4, 0.5) is 0 Å². The lowest BCUT2D eigenvalue weighted by molar-refractivity contribution is -0.135. The quantitative estimate of drug-likeness (QED) is 0.437. The number of unbranched alkanes of at least 4 members (excludes halogenated alkanes) is 4. The molecule has 7 nitrogen and oxygen atoms in total. The molecular weight excluding hydrogens is 346 g/mol. The van der Waals surface area contributed by atoms with Crippen molar-refractivity contribution in [2.45, 2.75) is 57.4 Å². The minimum atomic E-state index is -0.655. The Balaban J connectivity index is 1.86. The van der Waals surface area contributed by atoms with E-state index in [0.717, 1.165) is 55.0 Å². The monoisotopic (exact) mass is 371 g/mol. The van der Waals surface area contributed by atoms with Gasteiger partial charge in [0.25, 0.3) is 0 Å². The SMILES string of the molecule is Cn1c(=O)n(C2CCC(=O)NC2=O)c2cccc(CCCCCCC=O)c21. The van der Waals surface area contributed by atoms with Crippen LogP contribution in [0.2, 0.25) is 0 Å². The molecule has 1 unspecified atom stereocenters. The van der Waals surface area contributed by atoms with Gasteiger partial charge in [-0.15, -0.1) is 0 Å². The molecule has 27 heavy (non-hydrogen) atoms. The number of aldehydes is 1. The summed E-state index contributed by atoms with van der Waals surface area (Å²) < 4.78 is 3.12. The fourth-order valence-electron chi connectivity index (χ4n) is 3.85. The maximum absolute atomic E-state index is 12.8. The van der Waals surface area contributed by atoms with E-state index < -0.39 is 11.9 Å². The second kappa shape index (κ2) is 8.33. The van der Waals surface area contributed by atoms with Gasteiger partial charge >= 0.3 is 5.69 Å². The molecule has 0 spiro atoms. The normalized spacial score (nSPS) is 17.3. The highest BCUT2D eigenvalue weighted by molar-refractivity contribution is 6.00. The molecule has 0 bridgehead atoms. The van der Waals surface area contributed by atoms with Gasteiger partial charge in [-0.2, -0.15) is 0 Å². The van der Waals surface area contributed by atoms with Crippen molar-refractivity contribution in [1.29, 1.82) is 0 Å². The number of aryl methyl sites for hydroxylation is 2. The van der Waals surface area contributed by atoms with Crippen molar-refractivity contribution in [2.75, 3.05) is 0 Å². The first kappa shape index (κ1) is 19.1. The number of rotatable bonds is 8. The molecule has 7 heteroatoms. The van der Waals surface area contributed by atoms with Crippen molar-refractivity contribution in [2.24, 2.45) is 7.05 Å². The lowest BCUT2D eigenvalue weighted by Gasteiger charge is -2.21. The van der Waals surface area contributed by atoms with E-state index in [1.54, 1.807) is 11.6 Å². The summed E-state index contributed by atoms with van der Waals surface area (Å²) in [7, 11) is 1.72. The van der Waals surface area contributed by atoms with Crippen LogP contribution in [0, 0.1) is 0 Å². The molecule has 1 aromatic heterocycles. The van der Waals surface area contributed by atoms with E-state index in [0.29, 0.717) is 12.8 Å². The first-order valence-electron chi connectivity index (χ1n) is 9.50. The lowest BCUT2D eigenvalue weighted by Crippen LogP contribution is -2.44. The highest BCUT2D eigenvalue weighted by Crippen LogP contribution is 2.25. The number of nitrogens with one attached hydrogen (secondary N) is 1. The number of amides is 2. The summed E-state index contributed by atoms with van der Waals surface area (Å²) >= 11 is 0. The van der Waals surface area contributed by atoms with Crippen LogP contribution < -0.4 is 11.0 Å². The molecule has 1 aliphatic heterocycles. The Morgan fingerprint density at radius 3 is 2.67 bits per heavy atom. The van der Waals surface area contributed by atoms with Crippen LogP contribution >= 0.6 is 0 Å². The number of imide groups is 1. The molecule has 2 aromatic rings. The molecule has 0 aliphatic carbocycles. The predicted molar refractivity (Wildman–Crippen MR) is 101 cm³/mol. The molecule has 0 saturated carbocycles. The third-order valence-corrected chi connectivity index (χ3v) is 5.23. The zero-order valence-corrected chi connectivity index (χ0v) is 15.6. The number of carbonyl (C=O) groups is 3. The van der Waals surface area contributed by atoms with Crippen molar-refractivity contribution in [3.8, 4) is 0 Å². The molecule has 1 aliphatic rings. The second-order valence-corrected chi connectivity index (χ2v) is 7.08. The Hall–Kier alpha value is -2.70. The molecule has 1 fully saturated rings. The zero-order chi connectivity index (χ0) is 19.4. The maximum atomic E-state index is 12.8. The van der Waals surface area contributed by atoms with Crippen LogP contribution in [0.3, 0.4) is 0 Å². The average Bonchev–Trinajstić information content (AvgIpc) is 2.90. The Labute approximate surface area is 157 Å². The summed E-state index contributed by atoms with van der Waals surface area (Å²) in [6, 6.07) is 5.12. The number of piperidine rings is 1.